The normalized spacial score (nSPS) is 10.8. The molecule has 0 saturated carbocycles. The summed E-state index contributed by atoms with van der Waals surface area (Å²) in [6, 6.07) is 0. The van der Waals surface area contributed by atoms with Crippen molar-refractivity contribution in [1.82, 2.24) is 19.7 Å². The first-order valence-electron chi connectivity index (χ1n) is 6.53. The van der Waals surface area contributed by atoms with Crippen LogP contribution in [-0.2, 0) is 6.54 Å². The second-order valence-corrected chi connectivity index (χ2v) is 4.89. The summed E-state index contributed by atoms with van der Waals surface area (Å²) < 4.78 is 2.04. The number of hydrogen-bond donors (Lipinski definition) is 1. The first-order valence-corrected chi connectivity index (χ1v) is 6.53. The van der Waals surface area contributed by atoms with E-state index in [1.807, 2.05) is 25.5 Å². The molecule has 5 heteroatoms. The molecule has 5 nitrogen and oxygen atoms in total. The summed E-state index contributed by atoms with van der Waals surface area (Å²) in [6.45, 7) is 11.8. The molecule has 0 aliphatic heterocycles. The summed E-state index contributed by atoms with van der Waals surface area (Å²) in [7, 11) is 0. The van der Waals surface area contributed by atoms with E-state index in [-0.39, 0.29) is 0 Å². The lowest BCUT2D eigenvalue weighted by atomic mass is 10.2. The van der Waals surface area contributed by atoms with Gasteiger partial charge in [-0.2, -0.15) is 5.10 Å². The fourth-order valence-electron chi connectivity index (χ4n) is 1.99. The van der Waals surface area contributed by atoms with Gasteiger partial charge in [-0.15, -0.1) is 0 Å². The molecular weight excluding hydrogens is 238 g/mol. The van der Waals surface area contributed by atoms with Crippen LogP contribution in [0.3, 0.4) is 0 Å². The van der Waals surface area contributed by atoms with Gasteiger partial charge in [-0.3, -0.25) is 9.67 Å². The fourth-order valence-corrected chi connectivity index (χ4v) is 1.99. The van der Waals surface area contributed by atoms with E-state index in [2.05, 4.69) is 34.2 Å². The van der Waals surface area contributed by atoms with E-state index in [1.165, 1.54) is 11.3 Å². The minimum absolute atomic E-state index is 0.792. The quantitative estimate of drug-likeness (QED) is 0.915. The predicted octanol–water partition coefficient (Wildman–Crippen LogP) is 2.33. The molecule has 0 amide bonds. The summed E-state index contributed by atoms with van der Waals surface area (Å²) in [5.41, 5.74) is 5.45. The summed E-state index contributed by atoms with van der Waals surface area (Å²) >= 11 is 0. The molecule has 0 radical (unpaired) electrons. The lowest BCUT2D eigenvalue weighted by Crippen LogP contribution is -2.14. The van der Waals surface area contributed by atoms with Gasteiger partial charge in [-0.05, 0) is 40.2 Å². The lowest BCUT2D eigenvalue weighted by Gasteiger charge is -2.09. The zero-order valence-corrected chi connectivity index (χ0v) is 12.3. The molecule has 2 rings (SSSR count). The number of aryl methyl sites for hydroxylation is 3. The van der Waals surface area contributed by atoms with Gasteiger partial charge in [0.25, 0.3) is 0 Å². The fraction of sp³-hybridized carbons (Fsp3) is 0.500. The Bertz CT molecular complexity index is 586. The first kappa shape index (κ1) is 13.5. The molecule has 0 aliphatic carbocycles. The maximum Gasteiger partial charge on any atom is 0.147 e. The highest BCUT2D eigenvalue weighted by atomic mass is 15.3. The first-order chi connectivity index (χ1) is 8.99. The average Bonchev–Trinajstić information content (AvgIpc) is 2.61. The van der Waals surface area contributed by atoms with E-state index in [4.69, 9.17) is 0 Å². The van der Waals surface area contributed by atoms with Crippen molar-refractivity contribution < 1.29 is 0 Å². The lowest BCUT2D eigenvalue weighted by molar-refractivity contribution is 0.613. The van der Waals surface area contributed by atoms with Gasteiger partial charge in [-0.1, -0.05) is 0 Å². The molecule has 2 aromatic heterocycles. The molecule has 19 heavy (non-hydrogen) atoms. The van der Waals surface area contributed by atoms with Gasteiger partial charge in [0.05, 0.1) is 23.6 Å². The van der Waals surface area contributed by atoms with Crippen molar-refractivity contribution in [3.63, 3.8) is 0 Å². The Hall–Kier alpha value is -1.91. The summed E-state index contributed by atoms with van der Waals surface area (Å²) in [5, 5.41) is 7.85. The number of hydrogen-bond acceptors (Lipinski definition) is 4. The summed E-state index contributed by atoms with van der Waals surface area (Å²) in [6.07, 6.45) is 1.78. The van der Waals surface area contributed by atoms with Crippen LogP contribution >= 0.6 is 0 Å². The van der Waals surface area contributed by atoms with Crippen molar-refractivity contribution in [2.75, 3.05) is 11.9 Å². The number of nitrogens with zero attached hydrogens (tertiary/aromatic N) is 4. The largest absolute Gasteiger partial charge is 0.367 e. The third-order valence-corrected chi connectivity index (χ3v) is 3.44. The van der Waals surface area contributed by atoms with Gasteiger partial charge in [0, 0.05) is 18.4 Å². The summed E-state index contributed by atoms with van der Waals surface area (Å²) in [5.74, 6) is 0.859. The number of rotatable bonds is 4. The minimum Gasteiger partial charge on any atom is -0.367 e. The topological polar surface area (TPSA) is 55.6 Å². The van der Waals surface area contributed by atoms with Crippen molar-refractivity contribution >= 4 is 5.82 Å². The van der Waals surface area contributed by atoms with Crippen molar-refractivity contribution in [3.05, 3.63) is 34.5 Å². The molecule has 1 N–H and O–H groups in total. The van der Waals surface area contributed by atoms with Crippen LogP contribution in [0.5, 0.6) is 0 Å². The van der Waals surface area contributed by atoms with Gasteiger partial charge < -0.3 is 5.32 Å². The maximum absolute atomic E-state index is 4.52. The van der Waals surface area contributed by atoms with Gasteiger partial charge in [0.1, 0.15) is 5.82 Å². The van der Waals surface area contributed by atoms with Crippen LogP contribution < -0.4 is 5.32 Å². The SMILES string of the molecule is Cc1cnc(C)c(NCCn2nc(C)c(C)c2C)n1. The Morgan fingerprint density at radius 3 is 2.47 bits per heavy atom. The zero-order chi connectivity index (χ0) is 14.0. The Morgan fingerprint density at radius 2 is 1.84 bits per heavy atom. The molecule has 0 saturated heterocycles. The molecule has 2 aromatic rings. The molecule has 0 aromatic carbocycles. The van der Waals surface area contributed by atoms with Crippen LogP contribution in [0.2, 0.25) is 0 Å². The van der Waals surface area contributed by atoms with E-state index in [9.17, 15) is 0 Å². The van der Waals surface area contributed by atoms with Crippen LogP contribution in [-0.4, -0.2) is 26.3 Å². The predicted molar refractivity (Wildman–Crippen MR) is 76.4 cm³/mol. The molecule has 0 unspecified atom stereocenters. The van der Waals surface area contributed by atoms with Crippen LogP contribution in [0.4, 0.5) is 5.82 Å². The second kappa shape index (κ2) is 5.38. The smallest absolute Gasteiger partial charge is 0.147 e. The van der Waals surface area contributed by atoms with Gasteiger partial charge in [0.15, 0.2) is 0 Å². The minimum atomic E-state index is 0.792. The van der Waals surface area contributed by atoms with Gasteiger partial charge in [0.2, 0.25) is 0 Å². The van der Waals surface area contributed by atoms with E-state index >= 15 is 0 Å². The Kier molecular flexibility index (Phi) is 3.83. The molecule has 102 valence electrons. The van der Waals surface area contributed by atoms with Gasteiger partial charge in [-0.25, -0.2) is 4.98 Å². The molecule has 0 spiro atoms. The molecule has 0 atom stereocenters. The highest BCUT2D eigenvalue weighted by Crippen LogP contribution is 2.11. The zero-order valence-electron chi connectivity index (χ0n) is 12.3. The Morgan fingerprint density at radius 1 is 1.11 bits per heavy atom. The van der Waals surface area contributed by atoms with E-state index < -0.39 is 0 Å². The number of nitrogens with one attached hydrogen (secondary N) is 1. The highest BCUT2D eigenvalue weighted by Gasteiger charge is 2.07. The average molecular weight is 259 g/mol. The van der Waals surface area contributed by atoms with Crippen molar-refractivity contribution in [2.45, 2.75) is 41.2 Å². The Balaban J connectivity index is 2.00. The maximum atomic E-state index is 4.52. The highest BCUT2D eigenvalue weighted by molar-refractivity contribution is 5.39. The number of anilines is 1. The van der Waals surface area contributed by atoms with Crippen molar-refractivity contribution in [2.24, 2.45) is 0 Å². The third kappa shape index (κ3) is 2.92. The molecule has 0 fully saturated rings. The number of aromatic nitrogens is 4. The monoisotopic (exact) mass is 259 g/mol. The van der Waals surface area contributed by atoms with Crippen LogP contribution in [0.1, 0.15) is 28.3 Å². The second-order valence-electron chi connectivity index (χ2n) is 4.89. The van der Waals surface area contributed by atoms with E-state index in [1.54, 1.807) is 6.20 Å². The van der Waals surface area contributed by atoms with E-state index in [0.717, 1.165) is 36.0 Å². The summed E-state index contributed by atoms with van der Waals surface area (Å²) in [4.78, 5) is 8.74. The van der Waals surface area contributed by atoms with Crippen LogP contribution in [0, 0.1) is 34.6 Å². The molecule has 0 aliphatic rings. The molecular formula is C14H21N5. The van der Waals surface area contributed by atoms with Crippen LogP contribution in [0.15, 0.2) is 6.20 Å². The Labute approximate surface area is 114 Å². The standard InChI is InChI=1S/C14H21N5/c1-9-8-16-12(4)14(17-9)15-6-7-19-13(5)10(2)11(3)18-19/h8H,6-7H2,1-5H3,(H,15,17). The van der Waals surface area contributed by atoms with Gasteiger partial charge >= 0.3 is 0 Å². The third-order valence-electron chi connectivity index (χ3n) is 3.44. The van der Waals surface area contributed by atoms with E-state index in [0.29, 0.717) is 0 Å². The molecule has 2 heterocycles. The van der Waals surface area contributed by atoms with Crippen LogP contribution in [0.25, 0.3) is 0 Å². The van der Waals surface area contributed by atoms with Crippen molar-refractivity contribution in [1.29, 1.82) is 0 Å². The molecule has 0 bridgehead atoms. The van der Waals surface area contributed by atoms with Crippen molar-refractivity contribution in [3.8, 4) is 0 Å².